The molecule has 3 nitrogen and oxygen atoms in total. The van der Waals surface area contributed by atoms with Crippen molar-refractivity contribution in [3.05, 3.63) is 107 Å². The van der Waals surface area contributed by atoms with E-state index < -0.39 is 0 Å². The number of rotatable bonds is 3. The van der Waals surface area contributed by atoms with Gasteiger partial charge < -0.3 is 4.74 Å². The molecule has 1 aromatic heterocycles. The Labute approximate surface area is 173 Å². The van der Waals surface area contributed by atoms with E-state index in [1.54, 1.807) is 11.3 Å². The molecule has 4 aromatic rings. The van der Waals surface area contributed by atoms with Gasteiger partial charge in [0.1, 0.15) is 5.01 Å². The quantitative estimate of drug-likeness (QED) is 0.396. The summed E-state index contributed by atoms with van der Waals surface area (Å²) in [5.41, 5.74) is 3.34. The van der Waals surface area contributed by atoms with Crippen LogP contribution in [0.5, 0.6) is 5.88 Å². The molecule has 0 N–H and O–H groups in total. The molecule has 1 aliphatic heterocycles. The van der Waals surface area contributed by atoms with Gasteiger partial charge in [-0.3, -0.25) is 4.79 Å². The molecule has 0 fully saturated rings. The van der Waals surface area contributed by atoms with Crippen molar-refractivity contribution in [2.24, 2.45) is 0 Å². The summed E-state index contributed by atoms with van der Waals surface area (Å²) in [5.74, 6) is 0.223. The second kappa shape index (κ2) is 7.64. The second-order valence-corrected chi connectivity index (χ2v) is 8.17. The summed E-state index contributed by atoms with van der Waals surface area (Å²) in [5, 5.41) is 0.873. The van der Waals surface area contributed by atoms with Crippen molar-refractivity contribution in [2.75, 3.05) is 0 Å². The summed E-state index contributed by atoms with van der Waals surface area (Å²) in [6.07, 6.45) is 0.327. The summed E-state index contributed by atoms with van der Waals surface area (Å²) >= 11 is 1.62. The summed E-state index contributed by atoms with van der Waals surface area (Å²) < 4.78 is 5.72. The van der Waals surface area contributed by atoms with Crippen molar-refractivity contribution in [3.63, 3.8) is 0 Å². The average molecular weight is 397 g/mol. The van der Waals surface area contributed by atoms with Crippen LogP contribution >= 0.6 is 11.3 Å². The maximum atomic E-state index is 12.7. The lowest BCUT2D eigenvalue weighted by molar-refractivity contribution is -0.134. The Balaban J connectivity index is 1.70. The molecule has 0 spiro atoms. The largest absolute Gasteiger partial charge is 0.406 e. The lowest BCUT2D eigenvalue weighted by Gasteiger charge is -2.24. The van der Waals surface area contributed by atoms with Gasteiger partial charge in [0, 0.05) is 17.4 Å². The molecule has 5 rings (SSSR count). The van der Waals surface area contributed by atoms with Gasteiger partial charge in [-0.2, -0.15) is 0 Å². The van der Waals surface area contributed by atoms with E-state index in [0.29, 0.717) is 12.3 Å². The van der Waals surface area contributed by atoms with E-state index in [1.807, 2.05) is 66.7 Å². The fourth-order valence-electron chi connectivity index (χ4n) is 3.98. The Kier molecular flexibility index (Phi) is 4.70. The third-order valence-corrected chi connectivity index (χ3v) is 6.48. The van der Waals surface area contributed by atoms with Crippen molar-refractivity contribution in [3.8, 4) is 16.5 Å². The molecular formula is C25H19NO2S. The van der Waals surface area contributed by atoms with Gasteiger partial charge in [-0.15, -0.1) is 11.3 Å². The van der Waals surface area contributed by atoms with Crippen LogP contribution in [0.25, 0.3) is 10.6 Å². The fraction of sp³-hybridized carbons (Fsp3) is 0.120. The number of hydrogen-bond donors (Lipinski definition) is 0. The SMILES string of the molecule is O=C1C[C@@H](c2ccccc2)[C@@H](c2ccccc2)c2sc(-c3ccccc3)nc2O1. The van der Waals surface area contributed by atoms with E-state index in [2.05, 4.69) is 24.3 Å². The topological polar surface area (TPSA) is 39.2 Å². The molecule has 0 saturated heterocycles. The predicted octanol–water partition coefficient (Wildman–Crippen LogP) is 6.03. The first-order valence-corrected chi connectivity index (χ1v) is 10.5. The maximum Gasteiger partial charge on any atom is 0.313 e. The normalized spacial score (nSPS) is 18.6. The van der Waals surface area contributed by atoms with Gasteiger partial charge >= 0.3 is 5.97 Å². The molecule has 0 unspecified atom stereocenters. The van der Waals surface area contributed by atoms with Crippen molar-refractivity contribution in [2.45, 2.75) is 18.3 Å². The number of benzene rings is 3. The lowest BCUT2D eigenvalue weighted by atomic mass is 9.79. The van der Waals surface area contributed by atoms with Crippen molar-refractivity contribution < 1.29 is 9.53 Å². The van der Waals surface area contributed by atoms with Crippen LogP contribution in [-0.2, 0) is 4.79 Å². The van der Waals surface area contributed by atoms with Crippen LogP contribution in [0, 0.1) is 0 Å². The fourth-order valence-corrected chi connectivity index (χ4v) is 5.17. The van der Waals surface area contributed by atoms with E-state index in [9.17, 15) is 4.79 Å². The third-order valence-electron chi connectivity index (χ3n) is 5.31. The number of carbonyl (C=O) groups excluding carboxylic acids is 1. The Morgan fingerprint density at radius 2 is 1.38 bits per heavy atom. The van der Waals surface area contributed by atoms with Gasteiger partial charge in [0.15, 0.2) is 0 Å². The number of aromatic nitrogens is 1. The zero-order chi connectivity index (χ0) is 19.6. The first kappa shape index (κ1) is 17.8. The summed E-state index contributed by atoms with van der Waals surface area (Å²) in [4.78, 5) is 18.4. The van der Waals surface area contributed by atoms with Gasteiger partial charge in [0.25, 0.3) is 0 Å². The van der Waals surface area contributed by atoms with Crippen LogP contribution in [0.1, 0.15) is 34.3 Å². The second-order valence-electron chi connectivity index (χ2n) is 7.14. The Bertz CT molecular complexity index is 1120. The molecule has 29 heavy (non-hydrogen) atoms. The van der Waals surface area contributed by atoms with Gasteiger partial charge in [-0.05, 0) is 11.1 Å². The number of carbonyl (C=O) groups is 1. The highest BCUT2D eigenvalue weighted by atomic mass is 32.1. The molecule has 2 atom stereocenters. The van der Waals surface area contributed by atoms with Crippen molar-refractivity contribution in [1.82, 2.24) is 4.98 Å². The predicted molar refractivity (Wildman–Crippen MR) is 115 cm³/mol. The Morgan fingerprint density at radius 1 is 0.793 bits per heavy atom. The Hall–Kier alpha value is -3.24. The van der Waals surface area contributed by atoms with Crippen LogP contribution < -0.4 is 4.74 Å². The first-order chi connectivity index (χ1) is 14.3. The van der Waals surface area contributed by atoms with Gasteiger partial charge in [-0.1, -0.05) is 91.0 Å². The Morgan fingerprint density at radius 3 is 2.03 bits per heavy atom. The van der Waals surface area contributed by atoms with Crippen LogP contribution in [0.3, 0.4) is 0 Å². The third kappa shape index (κ3) is 3.47. The van der Waals surface area contributed by atoms with E-state index in [0.717, 1.165) is 21.0 Å². The molecule has 0 aliphatic carbocycles. The molecular weight excluding hydrogens is 378 g/mol. The van der Waals surface area contributed by atoms with Crippen LogP contribution in [0.2, 0.25) is 0 Å². The number of nitrogens with zero attached hydrogens (tertiary/aromatic N) is 1. The summed E-state index contributed by atoms with van der Waals surface area (Å²) in [6, 6.07) is 30.6. The van der Waals surface area contributed by atoms with Crippen molar-refractivity contribution in [1.29, 1.82) is 0 Å². The minimum atomic E-state index is -0.233. The van der Waals surface area contributed by atoms with Gasteiger partial charge in [0.2, 0.25) is 5.88 Å². The summed E-state index contributed by atoms with van der Waals surface area (Å²) in [6.45, 7) is 0. The van der Waals surface area contributed by atoms with Crippen LogP contribution in [0.4, 0.5) is 0 Å². The zero-order valence-electron chi connectivity index (χ0n) is 15.7. The zero-order valence-corrected chi connectivity index (χ0v) is 16.5. The van der Waals surface area contributed by atoms with Gasteiger partial charge in [-0.25, -0.2) is 4.98 Å². The monoisotopic (exact) mass is 397 g/mol. The molecule has 4 heteroatoms. The van der Waals surface area contributed by atoms with E-state index in [4.69, 9.17) is 9.72 Å². The number of hydrogen-bond acceptors (Lipinski definition) is 4. The first-order valence-electron chi connectivity index (χ1n) is 9.66. The van der Waals surface area contributed by atoms with E-state index in [1.165, 1.54) is 5.56 Å². The molecule has 2 heterocycles. The van der Waals surface area contributed by atoms with E-state index >= 15 is 0 Å². The highest BCUT2D eigenvalue weighted by Gasteiger charge is 2.37. The average Bonchev–Trinajstić information content (AvgIpc) is 3.12. The molecule has 0 amide bonds. The van der Waals surface area contributed by atoms with Crippen LogP contribution in [-0.4, -0.2) is 11.0 Å². The molecule has 0 bridgehead atoms. The smallest absolute Gasteiger partial charge is 0.313 e. The molecule has 1 aliphatic rings. The number of ether oxygens (including phenoxy) is 1. The van der Waals surface area contributed by atoms with E-state index in [-0.39, 0.29) is 17.8 Å². The molecule has 0 radical (unpaired) electrons. The van der Waals surface area contributed by atoms with Gasteiger partial charge in [0.05, 0.1) is 11.3 Å². The molecule has 3 aromatic carbocycles. The standard InChI is InChI=1S/C25H19NO2S/c27-21-16-20(17-10-4-1-5-11-17)22(18-12-6-2-7-13-18)23-24(28-21)26-25(29-23)19-14-8-3-9-15-19/h1-15,20,22H,16H2/t20-,22+/m0/s1. The highest BCUT2D eigenvalue weighted by Crippen LogP contribution is 2.49. The van der Waals surface area contributed by atoms with Crippen molar-refractivity contribution >= 4 is 17.3 Å². The minimum Gasteiger partial charge on any atom is -0.406 e. The molecule has 0 saturated carbocycles. The number of esters is 1. The molecule has 142 valence electrons. The highest BCUT2D eigenvalue weighted by molar-refractivity contribution is 7.15. The summed E-state index contributed by atoms with van der Waals surface area (Å²) in [7, 11) is 0. The number of fused-ring (bicyclic) bond motifs is 1. The number of thiazole rings is 1. The van der Waals surface area contributed by atoms with Crippen LogP contribution in [0.15, 0.2) is 91.0 Å². The maximum absolute atomic E-state index is 12.7. The lowest BCUT2D eigenvalue weighted by Crippen LogP contribution is -2.15. The minimum absolute atomic E-state index is 0.00331.